The molecule has 3 amide bonds. The first-order valence-electron chi connectivity index (χ1n) is 23.0. The number of amides is 3. The summed E-state index contributed by atoms with van der Waals surface area (Å²) in [7, 11) is 1.56. The van der Waals surface area contributed by atoms with Gasteiger partial charge in [0.2, 0.25) is 18.2 Å². The van der Waals surface area contributed by atoms with Crippen LogP contribution < -0.4 is 26.0 Å². The second kappa shape index (κ2) is 64.4. The fourth-order valence-electron chi connectivity index (χ4n) is 5.16. The van der Waals surface area contributed by atoms with Crippen LogP contribution in [0, 0.1) is 0 Å². The van der Waals surface area contributed by atoms with Crippen LogP contribution in [0.4, 0.5) is 0 Å². The van der Waals surface area contributed by atoms with Crippen molar-refractivity contribution < 1.29 is 62.7 Å². The molecule has 0 spiro atoms. The summed E-state index contributed by atoms with van der Waals surface area (Å²) in [4.78, 5) is 74.4. The molecule has 0 saturated heterocycles. The number of carboxylic acids is 2. The predicted octanol–water partition coefficient (Wildman–Crippen LogP) is 4.97. The van der Waals surface area contributed by atoms with E-state index in [-0.39, 0.29) is 37.3 Å². The van der Waals surface area contributed by atoms with Crippen molar-refractivity contribution in [3.05, 3.63) is 0 Å². The number of hydrogen-bond donors (Lipinski definition) is 9. The van der Waals surface area contributed by atoms with Gasteiger partial charge in [-0.1, -0.05) is 90.9 Å². The van der Waals surface area contributed by atoms with Crippen LogP contribution in [0.15, 0.2) is 0 Å². The lowest BCUT2D eigenvalue weighted by Gasteiger charge is -2.11. The number of carboxylic acid groups (broad SMARTS) is 2. The Labute approximate surface area is 396 Å². The Hall–Kier alpha value is -2.85. The van der Waals surface area contributed by atoms with Gasteiger partial charge in [0.05, 0.1) is 45.7 Å². The van der Waals surface area contributed by atoms with E-state index in [1.807, 2.05) is 20.8 Å². The summed E-state index contributed by atoms with van der Waals surface area (Å²) in [6.45, 7) is 10.6. The Morgan fingerprint density at radius 1 is 0.609 bits per heavy atom. The lowest BCUT2D eigenvalue weighted by molar-refractivity contribution is -0.140. The molecular weight excluding hydrogens is 871 g/mol. The molecule has 20 heteroatoms. The topological polar surface area (TPSA) is 257 Å². The largest absolute Gasteiger partial charge is 0.481 e. The standard InChI is InChI=1S/C16H30O3.C13H25N3O5S.C12H24N2O5.C2H6.CH4S/c17-15-13-11-9-7-5-3-1-2-4-6-8-10-12-14-16(18)19;17-9-12(16-22)3-1-2-4-15-13(19)10-21-8-7-20-6-5-14-11-18;1-3-18-8-9-19-7-6-14-11(15)5-4-10(13-2)12(16)17;2*1-2/h15H,1-14H2,(H,18,19);9,11-12,16,22H,1-8,10H2,(H,14,18)(H,15,19);10,13H,3-9H2,1-2H3,(H,14,15)(H,16,17);1-2H3;2H,1H3. The minimum absolute atomic E-state index is 0.00882. The second-order valence-corrected chi connectivity index (χ2v) is 13.9. The lowest BCUT2D eigenvalue weighted by Crippen LogP contribution is -2.36. The fourth-order valence-corrected chi connectivity index (χ4v) is 5.35. The molecule has 0 bridgehead atoms. The molecule has 0 rings (SSSR count). The number of likely N-dealkylation sites (N-methyl/N-ethyl adjacent to an activating group) is 1. The van der Waals surface area contributed by atoms with Crippen molar-refractivity contribution in [2.24, 2.45) is 0 Å². The molecule has 0 fully saturated rings. The number of aldehydes is 2. The lowest BCUT2D eigenvalue weighted by atomic mass is 10.0. The van der Waals surface area contributed by atoms with E-state index in [4.69, 9.17) is 29.2 Å². The SMILES string of the molecule is CC.CCOCCOCCNC(=O)CCC(NC)C(=O)O.CS.O=CCCCCCCCCCCCCCCC(=O)O.O=CNCCOCCOCC(=O)NCCCCC(C=O)NS. The maximum Gasteiger partial charge on any atom is 0.320 e. The van der Waals surface area contributed by atoms with E-state index < -0.39 is 18.0 Å². The van der Waals surface area contributed by atoms with Gasteiger partial charge in [-0.2, -0.15) is 12.6 Å². The van der Waals surface area contributed by atoms with E-state index >= 15 is 0 Å². The zero-order valence-electron chi connectivity index (χ0n) is 39.9. The molecule has 18 nitrogen and oxygen atoms in total. The molecule has 2 atom stereocenters. The Bertz CT molecular complexity index is 1040. The highest BCUT2D eigenvalue weighted by molar-refractivity contribution is 7.79. The average molecular weight is 960 g/mol. The number of aliphatic carboxylic acids is 2. The molecule has 380 valence electrons. The van der Waals surface area contributed by atoms with Crippen molar-refractivity contribution in [3.63, 3.8) is 0 Å². The van der Waals surface area contributed by atoms with Gasteiger partial charge in [-0.3, -0.25) is 28.7 Å². The molecule has 0 saturated carbocycles. The maximum absolute atomic E-state index is 11.4. The van der Waals surface area contributed by atoms with Crippen LogP contribution in [0.1, 0.15) is 143 Å². The number of carbonyl (C=O) groups is 7. The molecule has 64 heavy (non-hydrogen) atoms. The first kappa shape index (κ1) is 70.2. The number of ether oxygens (including phenoxy) is 4. The molecule has 0 radical (unpaired) electrons. The summed E-state index contributed by atoms with van der Waals surface area (Å²) in [5.41, 5.74) is 0. The van der Waals surface area contributed by atoms with E-state index in [0.29, 0.717) is 85.1 Å². The van der Waals surface area contributed by atoms with Crippen molar-refractivity contribution in [3.8, 4) is 0 Å². The molecule has 0 aromatic heterocycles. The van der Waals surface area contributed by atoms with Gasteiger partial charge in [0, 0.05) is 45.5 Å². The first-order chi connectivity index (χ1) is 31.1. The van der Waals surface area contributed by atoms with Crippen molar-refractivity contribution in [2.45, 2.75) is 155 Å². The quantitative estimate of drug-likeness (QED) is 0.0222. The normalized spacial score (nSPS) is 10.9. The van der Waals surface area contributed by atoms with Crippen LogP contribution in [-0.4, -0.2) is 151 Å². The van der Waals surface area contributed by atoms with Crippen LogP contribution in [-0.2, 0) is 52.5 Å². The molecule has 0 aromatic rings. The summed E-state index contributed by atoms with van der Waals surface area (Å²) >= 11 is 7.36. The van der Waals surface area contributed by atoms with Crippen molar-refractivity contribution >= 4 is 68.2 Å². The van der Waals surface area contributed by atoms with E-state index in [1.165, 1.54) is 57.8 Å². The van der Waals surface area contributed by atoms with Gasteiger partial charge >= 0.3 is 11.9 Å². The van der Waals surface area contributed by atoms with E-state index in [2.05, 4.69) is 51.4 Å². The Morgan fingerprint density at radius 3 is 1.61 bits per heavy atom. The van der Waals surface area contributed by atoms with Crippen LogP contribution in [0.5, 0.6) is 0 Å². The minimum atomic E-state index is -0.949. The maximum atomic E-state index is 11.4. The van der Waals surface area contributed by atoms with Gasteiger partial charge in [-0.15, -0.1) is 0 Å². The fraction of sp³-hybridized carbons (Fsp3) is 0.841. The van der Waals surface area contributed by atoms with E-state index in [9.17, 15) is 33.6 Å². The molecule has 0 aromatic carbocycles. The molecule has 0 aliphatic carbocycles. The highest BCUT2D eigenvalue weighted by atomic mass is 32.1. The highest BCUT2D eigenvalue weighted by Gasteiger charge is 2.16. The Kier molecular flexibility index (Phi) is 70.6. The molecule has 2 unspecified atom stereocenters. The van der Waals surface area contributed by atoms with E-state index in [1.54, 1.807) is 13.3 Å². The van der Waals surface area contributed by atoms with Crippen molar-refractivity contribution in [1.29, 1.82) is 0 Å². The minimum Gasteiger partial charge on any atom is -0.481 e. The third kappa shape index (κ3) is 65.8. The summed E-state index contributed by atoms with van der Waals surface area (Å²) < 4.78 is 23.2. The first-order valence-corrected chi connectivity index (χ1v) is 24.3. The van der Waals surface area contributed by atoms with Gasteiger partial charge in [0.1, 0.15) is 25.2 Å². The number of carbonyl (C=O) groups excluding carboxylic acids is 5. The number of nitrogens with one attached hydrogen (secondary N) is 5. The van der Waals surface area contributed by atoms with Gasteiger partial charge in [0.15, 0.2) is 0 Å². The van der Waals surface area contributed by atoms with Crippen LogP contribution in [0.2, 0.25) is 0 Å². The van der Waals surface area contributed by atoms with Gasteiger partial charge in [-0.25, -0.2) is 0 Å². The molecule has 7 N–H and O–H groups in total. The van der Waals surface area contributed by atoms with Gasteiger partial charge < -0.3 is 60.0 Å². The summed E-state index contributed by atoms with van der Waals surface area (Å²) in [5, 5.41) is 27.8. The monoisotopic (exact) mass is 960 g/mol. The van der Waals surface area contributed by atoms with Crippen LogP contribution in [0.3, 0.4) is 0 Å². The van der Waals surface area contributed by atoms with Crippen molar-refractivity contribution in [1.82, 2.24) is 26.0 Å². The molecule has 0 aliphatic heterocycles. The number of unbranched alkanes of at least 4 members (excludes halogenated alkanes) is 13. The van der Waals surface area contributed by atoms with Gasteiger partial charge in [-0.05, 0) is 58.8 Å². The smallest absolute Gasteiger partial charge is 0.320 e. The second-order valence-electron chi connectivity index (χ2n) is 13.7. The predicted molar refractivity (Wildman–Crippen MR) is 259 cm³/mol. The average Bonchev–Trinajstić information content (AvgIpc) is 3.30. The molecule has 0 aliphatic rings. The Balaban J connectivity index is -0.000000262. The zero-order chi connectivity index (χ0) is 49.2. The molecule has 0 heterocycles. The number of rotatable bonds is 43. The number of thiol groups is 2. The highest BCUT2D eigenvalue weighted by Crippen LogP contribution is 2.12. The van der Waals surface area contributed by atoms with E-state index in [0.717, 1.165) is 51.1 Å². The third-order valence-electron chi connectivity index (χ3n) is 8.59. The zero-order valence-corrected chi connectivity index (χ0v) is 41.7. The van der Waals surface area contributed by atoms with Crippen LogP contribution >= 0.6 is 25.4 Å². The van der Waals surface area contributed by atoms with Crippen molar-refractivity contribution in [2.75, 3.05) is 85.8 Å². The number of hydrogen-bond acceptors (Lipinski definition) is 15. The summed E-state index contributed by atoms with van der Waals surface area (Å²) in [5.74, 6) is -1.97. The third-order valence-corrected chi connectivity index (χ3v) is 8.92. The molecular formula is C44H89N5O13S2. The van der Waals surface area contributed by atoms with Gasteiger partial charge in [0.25, 0.3) is 0 Å². The summed E-state index contributed by atoms with van der Waals surface area (Å²) in [6.07, 6.45) is 22.3. The Morgan fingerprint density at radius 2 is 1.12 bits per heavy atom. The summed E-state index contributed by atoms with van der Waals surface area (Å²) in [6, 6.07) is -0.933. The van der Waals surface area contributed by atoms with Crippen LogP contribution in [0.25, 0.3) is 0 Å².